The first-order chi connectivity index (χ1) is 14.7. The predicted molar refractivity (Wildman–Crippen MR) is 117 cm³/mol. The molecule has 0 bridgehead atoms. The van der Waals surface area contributed by atoms with Crippen LogP contribution in [0.1, 0.15) is 57.1 Å². The number of aromatic nitrogens is 2. The topological polar surface area (TPSA) is 50.5 Å². The van der Waals surface area contributed by atoms with Gasteiger partial charge in [-0.05, 0) is 31.3 Å². The number of piperidine rings is 1. The Kier molecular flexibility index (Phi) is 4.32. The molecule has 3 fully saturated rings. The van der Waals surface area contributed by atoms with E-state index in [1.807, 2.05) is 13.3 Å². The van der Waals surface area contributed by atoms with E-state index in [0.29, 0.717) is 36.0 Å². The Hall–Kier alpha value is -2.43. The smallest absolute Gasteiger partial charge is 0.140 e. The zero-order chi connectivity index (χ0) is 20.2. The summed E-state index contributed by atoms with van der Waals surface area (Å²) in [5, 5.41) is 0. The van der Waals surface area contributed by atoms with Crippen LogP contribution in [0.3, 0.4) is 0 Å². The molecule has 0 N–H and O–H groups in total. The molecule has 4 atom stereocenters. The summed E-state index contributed by atoms with van der Waals surface area (Å²) >= 11 is 0. The minimum atomic E-state index is 0.0253. The second kappa shape index (κ2) is 7.07. The van der Waals surface area contributed by atoms with Crippen LogP contribution in [0.25, 0.3) is 0 Å². The third kappa shape index (κ3) is 2.93. The first-order valence-electron chi connectivity index (χ1n) is 11.7. The summed E-state index contributed by atoms with van der Waals surface area (Å²) in [6.45, 7) is 3.92. The van der Waals surface area contributed by atoms with Crippen LogP contribution in [-0.2, 0) is 4.79 Å². The molecule has 6 rings (SSSR count). The van der Waals surface area contributed by atoms with E-state index in [1.54, 1.807) is 0 Å². The van der Waals surface area contributed by atoms with Gasteiger partial charge in [0.2, 0.25) is 0 Å². The van der Waals surface area contributed by atoms with E-state index in [-0.39, 0.29) is 5.92 Å². The molecule has 0 radical (unpaired) electrons. The van der Waals surface area contributed by atoms with Gasteiger partial charge in [-0.2, -0.15) is 0 Å². The summed E-state index contributed by atoms with van der Waals surface area (Å²) in [7, 11) is 0. The summed E-state index contributed by atoms with van der Waals surface area (Å²) in [5.74, 6) is 2.96. The second-order valence-electron chi connectivity index (χ2n) is 9.57. The third-order valence-corrected chi connectivity index (χ3v) is 7.86. The first kappa shape index (κ1) is 18.3. The minimum absolute atomic E-state index is 0.0253. The van der Waals surface area contributed by atoms with Gasteiger partial charge in [-0.3, -0.25) is 14.4 Å². The quantitative estimate of drug-likeness (QED) is 0.765. The minimum Gasteiger partial charge on any atom is -0.368 e. The maximum absolute atomic E-state index is 12.6. The maximum Gasteiger partial charge on any atom is 0.140 e. The van der Waals surface area contributed by atoms with Gasteiger partial charge in [0.1, 0.15) is 17.9 Å². The number of carbonyl (C=O) groups is 1. The van der Waals surface area contributed by atoms with E-state index in [1.165, 1.54) is 42.6 Å². The van der Waals surface area contributed by atoms with Crippen LogP contribution < -0.4 is 0 Å². The lowest BCUT2D eigenvalue weighted by Crippen LogP contribution is -2.41. The van der Waals surface area contributed by atoms with Gasteiger partial charge < -0.3 is 4.90 Å². The van der Waals surface area contributed by atoms with Crippen LogP contribution in [0, 0.1) is 17.8 Å². The lowest BCUT2D eigenvalue weighted by atomic mass is 9.73. The van der Waals surface area contributed by atoms with Gasteiger partial charge >= 0.3 is 0 Å². The lowest BCUT2D eigenvalue weighted by Gasteiger charge is -2.42. The van der Waals surface area contributed by atoms with E-state index >= 15 is 0 Å². The Balaban J connectivity index is 1.38. The number of nitrogens with zero attached hydrogens (tertiary/aromatic N) is 4. The molecular formula is C25H30N4O. The van der Waals surface area contributed by atoms with Crippen LogP contribution in [0.5, 0.6) is 0 Å². The predicted octanol–water partition coefficient (Wildman–Crippen LogP) is 4.10. The van der Waals surface area contributed by atoms with Crippen molar-refractivity contribution in [2.75, 3.05) is 13.1 Å². The molecule has 0 amide bonds. The maximum atomic E-state index is 12.6. The first-order valence-corrected chi connectivity index (χ1v) is 11.7. The van der Waals surface area contributed by atoms with Gasteiger partial charge in [-0.1, -0.05) is 31.6 Å². The van der Waals surface area contributed by atoms with Gasteiger partial charge in [0.05, 0.1) is 5.69 Å². The number of rotatable bonds is 3. The van der Waals surface area contributed by atoms with Crippen molar-refractivity contribution in [3.05, 3.63) is 53.8 Å². The number of hydrogen-bond donors (Lipinski definition) is 0. The van der Waals surface area contributed by atoms with Crippen molar-refractivity contribution in [2.45, 2.75) is 57.4 Å². The summed E-state index contributed by atoms with van der Waals surface area (Å²) in [6.07, 6.45) is 19.6. The summed E-state index contributed by atoms with van der Waals surface area (Å²) in [6, 6.07) is 0.614. The number of aliphatic imine (C=N–C) groups is 1. The van der Waals surface area contributed by atoms with Crippen molar-refractivity contribution in [1.82, 2.24) is 14.5 Å². The molecule has 5 nitrogen and oxygen atoms in total. The molecular weight excluding hydrogens is 372 g/mol. The van der Waals surface area contributed by atoms with E-state index in [9.17, 15) is 4.79 Å². The molecule has 3 aliphatic carbocycles. The van der Waals surface area contributed by atoms with Gasteiger partial charge in [0, 0.05) is 67.2 Å². The van der Waals surface area contributed by atoms with Crippen molar-refractivity contribution >= 4 is 11.6 Å². The molecule has 5 aliphatic rings. The number of carbonyl (C=O) groups excluding carboxylic acids is 1. The highest BCUT2D eigenvalue weighted by Crippen LogP contribution is 2.47. The number of Topliss-reactive ketones (excluding diaryl/α,β-unsaturated/α-hetero) is 1. The fourth-order valence-corrected chi connectivity index (χ4v) is 5.71. The number of imidazole rings is 1. The molecule has 156 valence electrons. The van der Waals surface area contributed by atoms with Crippen LogP contribution in [0.2, 0.25) is 0 Å². The molecule has 3 heterocycles. The molecule has 30 heavy (non-hydrogen) atoms. The average Bonchev–Trinajstić information content (AvgIpc) is 3.32. The van der Waals surface area contributed by atoms with Gasteiger partial charge in [-0.15, -0.1) is 0 Å². The van der Waals surface area contributed by atoms with Crippen molar-refractivity contribution in [2.24, 2.45) is 22.7 Å². The van der Waals surface area contributed by atoms with E-state index in [4.69, 9.17) is 9.98 Å². The van der Waals surface area contributed by atoms with Crippen LogP contribution in [-0.4, -0.2) is 45.2 Å². The van der Waals surface area contributed by atoms with E-state index < -0.39 is 0 Å². The fourth-order valence-electron chi connectivity index (χ4n) is 5.71. The monoisotopic (exact) mass is 402 g/mol. The molecule has 1 aromatic heterocycles. The van der Waals surface area contributed by atoms with E-state index in [2.05, 4.69) is 40.0 Å². The van der Waals surface area contributed by atoms with Crippen LogP contribution >= 0.6 is 0 Å². The van der Waals surface area contributed by atoms with Crippen molar-refractivity contribution in [3.63, 3.8) is 0 Å². The Bertz CT molecular complexity index is 993. The Morgan fingerprint density at radius 3 is 2.97 bits per heavy atom. The number of fused-ring (bicyclic) bond motifs is 5. The lowest BCUT2D eigenvalue weighted by molar-refractivity contribution is -0.122. The van der Waals surface area contributed by atoms with Gasteiger partial charge in [0.25, 0.3) is 0 Å². The van der Waals surface area contributed by atoms with Crippen molar-refractivity contribution in [1.29, 1.82) is 0 Å². The number of hydrogen-bond acceptors (Lipinski definition) is 4. The van der Waals surface area contributed by atoms with Gasteiger partial charge in [-0.25, -0.2) is 4.98 Å². The second-order valence-corrected chi connectivity index (χ2v) is 9.57. The summed E-state index contributed by atoms with van der Waals surface area (Å²) in [4.78, 5) is 24.9. The number of allylic oxidation sites excluding steroid dienone is 5. The zero-order valence-corrected chi connectivity index (χ0v) is 17.7. The largest absolute Gasteiger partial charge is 0.368 e. The van der Waals surface area contributed by atoms with Crippen LogP contribution in [0.4, 0.5) is 0 Å². The van der Waals surface area contributed by atoms with Crippen molar-refractivity contribution < 1.29 is 4.79 Å². The molecule has 2 aliphatic heterocycles. The molecule has 0 spiro atoms. The third-order valence-electron chi connectivity index (χ3n) is 7.86. The highest BCUT2D eigenvalue weighted by molar-refractivity contribution is 5.96. The fraction of sp³-hybridized carbons (Fsp3) is 0.560. The normalized spacial score (nSPS) is 32.4. The molecule has 4 unspecified atom stereocenters. The standard InChI is InChI=1S/C25H30N4O/c1-2-24(30)20-8-4-7-19-18(20)9-10-29-22-11-17(22)13-26-25(12-23(19)29)28-14-21(27-15-28)16-5-3-6-16/h4,7-8,12,14-18,20,22H,2-3,5-6,9-11,13H2,1H3. The molecule has 5 heteroatoms. The highest BCUT2D eigenvalue weighted by atomic mass is 16.1. The summed E-state index contributed by atoms with van der Waals surface area (Å²) < 4.78 is 2.12. The zero-order valence-electron chi connectivity index (χ0n) is 17.7. The van der Waals surface area contributed by atoms with Gasteiger partial charge in [0.15, 0.2) is 0 Å². The Morgan fingerprint density at radius 2 is 2.17 bits per heavy atom. The molecule has 0 aromatic carbocycles. The average molecular weight is 403 g/mol. The van der Waals surface area contributed by atoms with E-state index in [0.717, 1.165) is 25.3 Å². The molecule has 1 aromatic rings. The summed E-state index contributed by atoms with van der Waals surface area (Å²) in [5.41, 5.74) is 3.82. The number of ketones is 1. The molecule has 2 saturated carbocycles. The Labute approximate surface area is 178 Å². The SMILES string of the molecule is CCC(=O)C1C=CC=C2C3=CC(n4cnc(C5CCC5)c4)=NCC4CC4N3CCC21. The van der Waals surface area contributed by atoms with Crippen LogP contribution in [0.15, 0.2) is 53.1 Å². The highest BCUT2D eigenvalue weighted by Gasteiger charge is 2.47. The molecule has 1 saturated heterocycles. The van der Waals surface area contributed by atoms with Crippen molar-refractivity contribution in [3.8, 4) is 0 Å². The Morgan fingerprint density at radius 1 is 1.27 bits per heavy atom.